The van der Waals surface area contributed by atoms with E-state index in [4.69, 9.17) is 26.2 Å². The van der Waals surface area contributed by atoms with Gasteiger partial charge in [0.2, 0.25) is 0 Å². The van der Waals surface area contributed by atoms with Gasteiger partial charge >= 0.3 is 0 Å². The third-order valence-electron chi connectivity index (χ3n) is 7.53. The quantitative estimate of drug-likeness (QED) is 0.321. The Labute approximate surface area is 223 Å². The van der Waals surface area contributed by atoms with E-state index in [2.05, 4.69) is 4.90 Å². The highest BCUT2D eigenvalue weighted by atomic mass is 35.5. The molecule has 0 radical (unpaired) electrons. The van der Waals surface area contributed by atoms with E-state index in [-0.39, 0.29) is 6.61 Å². The number of hydrogen-bond donors (Lipinski definition) is 3. The Morgan fingerprint density at radius 2 is 1.78 bits per heavy atom. The fourth-order valence-electron chi connectivity index (χ4n) is 4.93. The molecule has 2 aliphatic rings. The molecule has 0 amide bonds. The Balaban J connectivity index is 1.33. The lowest BCUT2D eigenvalue weighted by atomic mass is 9.90. The van der Waals surface area contributed by atoms with Gasteiger partial charge in [0.25, 0.3) is 0 Å². The lowest BCUT2D eigenvalue weighted by molar-refractivity contribution is -0.231. The Bertz CT molecular complexity index is 1070. The number of nitrogens with zero attached hydrogens (tertiary/aromatic N) is 1. The highest BCUT2D eigenvalue weighted by molar-refractivity contribution is 7.64. The number of aliphatic hydroxyl groups is 3. The summed E-state index contributed by atoms with van der Waals surface area (Å²) in [6.07, 6.45) is -2.81. The van der Waals surface area contributed by atoms with Gasteiger partial charge in [-0.05, 0) is 47.5 Å². The van der Waals surface area contributed by atoms with Crippen molar-refractivity contribution in [3.63, 3.8) is 0 Å². The van der Waals surface area contributed by atoms with Gasteiger partial charge in [0.15, 0.2) is 12.7 Å². The molecule has 2 heterocycles. The van der Waals surface area contributed by atoms with Crippen molar-refractivity contribution in [3.05, 3.63) is 64.2 Å². The van der Waals surface area contributed by atoms with Gasteiger partial charge in [-0.2, -0.15) is 0 Å². The van der Waals surface area contributed by atoms with Crippen molar-refractivity contribution in [1.82, 2.24) is 4.90 Å². The molecule has 0 spiro atoms. The minimum atomic E-state index is -1.92. The van der Waals surface area contributed by atoms with Gasteiger partial charge in [-0.25, -0.2) is 0 Å². The molecule has 5 atom stereocenters. The molecule has 2 fully saturated rings. The van der Waals surface area contributed by atoms with Crippen LogP contribution in [0, 0.1) is 0 Å². The first-order valence-corrected chi connectivity index (χ1v) is 15.5. The minimum Gasteiger partial charge on any atom is -0.492 e. The molecule has 2 aliphatic heterocycles. The summed E-state index contributed by atoms with van der Waals surface area (Å²) in [5.41, 5.74) is 2.49. The van der Waals surface area contributed by atoms with Crippen LogP contribution < -0.4 is 4.74 Å². The molecule has 0 aliphatic carbocycles. The summed E-state index contributed by atoms with van der Waals surface area (Å²) in [5, 5.41) is 38.9. The van der Waals surface area contributed by atoms with Crippen molar-refractivity contribution < 1.29 is 34.5 Å². The van der Waals surface area contributed by atoms with Crippen LogP contribution in [0.1, 0.15) is 29.7 Å². The maximum absolute atomic E-state index is 12.5. The molecule has 204 valence electrons. The molecule has 8 nitrogen and oxygen atoms in total. The van der Waals surface area contributed by atoms with Crippen LogP contribution in [-0.4, -0.2) is 101 Å². The SMILES string of the molecule is CCP1(=O)CCN(CCOc2ccc(Cc3cc([C@@H]4O[C@H](C[OH2+])[C@@H](O)[C@H](O)[C@H]4O)ccc3Cl)cc2)CC1. The van der Waals surface area contributed by atoms with Crippen molar-refractivity contribution in [2.45, 2.75) is 43.9 Å². The molecule has 2 saturated heterocycles. The Hall–Kier alpha value is -1.48. The predicted molar refractivity (Wildman–Crippen MR) is 145 cm³/mol. The van der Waals surface area contributed by atoms with Gasteiger partial charge in [-0.15, -0.1) is 0 Å². The molecule has 2 aromatic carbocycles. The van der Waals surface area contributed by atoms with Gasteiger partial charge in [-0.3, -0.25) is 4.90 Å². The number of halogens is 1. The van der Waals surface area contributed by atoms with Crippen LogP contribution in [0.5, 0.6) is 5.75 Å². The van der Waals surface area contributed by atoms with Crippen molar-refractivity contribution in [1.29, 1.82) is 0 Å². The molecule has 0 saturated carbocycles. The third-order valence-corrected chi connectivity index (χ3v) is 11.1. The van der Waals surface area contributed by atoms with E-state index in [1.54, 1.807) is 12.1 Å². The maximum atomic E-state index is 12.5. The molecular formula is C27H38ClNO7P+. The van der Waals surface area contributed by atoms with E-state index >= 15 is 0 Å². The highest BCUT2D eigenvalue weighted by Gasteiger charge is 2.45. The van der Waals surface area contributed by atoms with Crippen LogP contribution in [0.4, 0.5) is 0 Å². The maximum Gasteiger partial charge on any atom is 0.173 e. The first-order valence-electron chi connectivity index (χ1n) is 12.9. The van der Waals surface area contributed by atoms with Crippen molar-refractivity contribution in [2.24, 2.45) is 0 Å². The lowest BCUT2D eigenvalue weighted by Gasteiger charge is -2.39. The fourth-order valence-corrected chi connectivity index (χ4v) is 7.26. The molecular weight excluding hydrogens is 517 g/mol. The first kappa shape index (κ1) is 28.5. The smallest absolute Gasteiger partial charge is 0.173 e. The van der Waals surface area contributed by atoms with Crippen LogP contribution in [-0.2, 0) is 15.7 Å². The normalized spacial score (nSPS) is 28.2. The monoisotopic (exact) mass is 554 g/mol. The van der Waals surface area contributed by atoms with Crippen LogP contribution in [0.25, 0.3) is 0 Å². The van der Waals surface area contributed by atoms with Gasteiger partial charge in [0.1, 0.15) is 36.8 Å². The number of rotatable bonds is 9. The molecule has 0 bridgehead atoms. The largest absolute Gasteiger partial charge is 0.492 e. The summed E-state index contributed by atoms with van der Waals surface area (Å²) in [5.74, 6) is 0.785. The summed E-state index contributed by atoms with van der Waals surface area (Å²) < 4.78 is 24.2. The van der Waals surface area contributed by atoms with Gasteiger partial charge < -0.3 is 34.5 Å². The zero-order valence-corrected chi connectivity index (χ0v) is 22.8. The zero-order valence-electron chi connectivity index (χ0n) is 21.1. The molecule has 0 unspecified atom stereocenters. The highest BCUT2D eigenvalue weighted by Crippen LogP contribution is 2.46. The van der Waals surface area contributed by atoms with E-state index in [1.165, 1.54) is 0 Å². The summed E-state index contributed by atoms with van der Waals surface area (Å²) in [6.45, 7) is 4.94. The number of benzene rings is 2. The lowest BCUT2D eigenvalue weighted by Crippen LogP contribution is -2.55. The first-order chi connectivity index (χ1) is 17.7. The van der Waals surface area contributed by atoms with Crippen LogP contribution in [0.15, 0.2) is 42.5 Å². The Morgan fingerprint density at radius 3 is 2.43 bits per heavy atom. The van der Waals surface area contributed by atoms with E-state index < -0.39 is 37.7 Å². The van der Waals surface area contributed by atoms with Gasteiger partial charge in [-0.1, -0.05) is 42.8 Å². The average Bonchev–Trinajstić information content (AvgIpc) is 2.91. The molecule has 2 aromatic rings. The second-order valence-electron chi connectivity index (χ2n) is 9.95. The second kappa shape index (κ2) is 12.6. The van der Waals surface area contributed by atoms with E-state index in [9.17, 15) is 19.9 Å². The van der Waals surface area contributed by atoms with Crippen molar-refractivity contribution in [2.75, 3.05) is 51.3 Å². The van der Waals surface area contributed by atoms with E-state index in [0.717, 1.165) is 55.0 Å². The summed E-state index contributed by atoms with van der Waals surface area (Å²) in [7, 11) is -1.92. The van der Waals surface area contributed by atoms with Crippen molar-refractivity contribution in [3.8, 4) is 5.75 Å². The number of ether oxygens (including phenoxy) is 2. The van der Waals surface area contributed by atoms with Crippen LogP contribution >= 0.6 is 18.7 Å². The second-order valence-corrected chi connectivity index (χ2v) is 14.0. The molecule has 37 heavy (non-hydrogen) atoms. The molecule has 0 aromatic heterocycles. The Morgan fingerprint density at radius 1 is 1.08 bits per heavy atom. The summed E-state index contributed by atoms with van der Waals surface area (Å²) >= 11 is 6.46. The molecule has 4 rings (SSSR count). The number of aliphatic hydroxyl groups excluding tert-OH is 3. The standard InChI is InChI=1S/C27H37ClNO7P/c1-2-37(34)13-10-29(11-14-37)9-12-35-21-6-3-18(4-7-21)15-20-16-19(5-8-22(20)28)27-26(33)25(32)24(31)23(17-30)36-27/h3-8,16,23-27,30-33H,2,9-15,17H2,1H3/p+1/t23-,24-,25+,26-,27+/m1/s1. The van der Waals surface area contributed by atoms with Crippen LogP contribution in [0.3, 0.4) is 0 Å². The fraction of sp³-hybridized carbons (Fsp3) is 0.556. The van der Waals surface area contributed by atoms with E-state index in [0.29, 0.717) is 23.6 Å². The molecule has 10 heteroatoms. The van der Waals surface area contributed by atoms with Gasteiger partial charge in [0.05, 0.1) is 7.14 Å². The van der Waals surface area contributed by atoms with Crippen LogP contribution in [0.2, 0.25) is 5.02 Å². The minimum absolute atomic E-state index is 0.227. The van der Waals surface area contributed by atoms with Gasteiger partial charge in [0, 0.05) is 37.0 Å². The predicted octanol–water partition coefficient (Wildman–Crippen LogP) is 2.26. The topological polar surface area (TPSA) is 122 Å². The zero-order chi connectivity index (χ0) is 26.6. The average molecular weight is 555 g/mol. The summed E-state index contributed by atoms with van der Waals surface area (Å²) in [4.78, 5) is 2.31. The Kier molecular flexibility index (Phi) is 9.70. The number of hydrogen-bond acceptors (Lipinski definition) is 7. The molecule has 5 N–H and O–H groups in total. The van der Waals surface area contributed by atoms with Crippen molar-refractivity contribution >= 4 is 18.7 Å². The summed E-state index contributed by atoms with van der Waals surface area (Å²) in [6, 6.07) is 13.1. The third kappa shape index (κ3) is 6.94. The van der Waals surface area contributed by atoms with E-state index in [1.807, 2.05) is 37.3 Å².